The minimum atomic E-state index is -0.113. The van der Waals surface area contributed by atoms with E-state index in [0.717, 1.165) is 64.4 Å². The number of carbonyl (C=O) groups excluding carboxylic acids is 2. The number of anilines is 1. The molecule has 0 radical (unpaired) electrons. The lowest BCUT2D eigenvalue weighted by molar-refractivity contribution is -0.135. The largest absolute Gasteiger partial charge is 0.497 e. The molecule has 2 heterocycles. The van der Waals surface area contributed by atoms with Gasteiger partial charge in [0.15, 0.2) is 0 Å². The predicted molar refractivity (Wildman–Crippen MR) is 155 cm³/mol. The molecule has 5 nitrogen and oxygen atoms in total. The van der Waals surface area contributed by atoms with Gasteiger partial charge in [0.1, 0.15) is 5.75 Å². The summed E-state index contributed by atoms with van der Waals surface area (Å²) in [7, 11) is 1.66. The first-order valence-electron chi connectivity index (χ1n) is 13.8. The van der Waals surface area contributed by atoms with Crippen molar-refractivity contribution in [2.24, 2.45) is 11.8 Å². The summed E-state index contributed by atoms with van der Waals surface area (Å²) in [5, 5.41) is 0. The van der Waals surface area contributed by atoms with E-state index in [-0.39, 0.29) is 23.8 Å². The van der Waals surface area contributed by atoms with Crippen LogP contribution in [0.2, 0.25) is 0 Å². The molecule has 38 heavy (non-hydrogen) atoms. The summed E-state index contributed by atoms with van der Waals surface area (Å²) in [5.74, 6) is 1.86. The Morgan fingerprint density at radius 1 is 1.03 bits per heavy atom. The lowest BCUT2D eigenvalue weighted by Gasteiger charge is -2.40. The Hall–Kier alpha value is -3.12. The number of rotatable bonds is 7. The number of benzene rings is 2. The summed E-state index contributed by atoms with van der Waals surface area (Å²) in [4.78, 5) is 33.8. The van der Waals surface area contributed by atoms with Gasteiger partial charge in [-0.3, -0.25) is 9.59 Å². The number of ether oxygens (including phenoxy) is 1. The number of nitrogens with zero attached hydrogens (tertiary/aromatic N) is 2. The highest BCUT2D eigenvalue weighted by atomic mass is 32.1. The van der Waals surface area contributed by atoms with E-state index in [1.54, 1.807) is 18.4 Å². The molecule has 2 fully saturated rings. The summed E-state index contributed by atoms with van der Waals surface area (Å²) in [6, 6.07) is 20.3. The van der Waals surface area contributed by atoms with Crippen LogP contribution in [0.4, 0.5) is 5.69 Å². The molecule has 2 aliphatic rings. The van der Waals surface area contributed by atoms with Gasteiger partial charge in [0.2, 0.25) is 11.8 Å². The van der Waals surface area contributed by atoms with Gasteiger partial charge in [-0.05, 0) is 74.3 Å². The highest BCUT2D eigenvalue weighted by molar-refractivity contribution is 7.16. The minimum Gasteiger partial charge on any atom is -0.497 e. The van der Waals surface area contributed by atoms with E-state index in [1.165, 1.54) is 0 Å². The number of hydrogen-bond acceptors (Lipinski definition) is 4. The zero-order valence-electron chi connectivity index (χ0n) is 22.7. The fraction of sp³-hybridized carbons (Fsp3) is 0.438. The van der Waals surface area contributed by atoms with Crippen LogP contribution in [-0.2, 0) is 16.1 Å². The fourth-order valence-electron chi connectivity index (χ4n) is 5.86. The van der Waals surface area contributed by atoms with Crippen LogP contribution >= 0.6 is 11.3 Å². The van der Waals surface area contributed by atoms with E-state index in [4.69, 9.17) is 4.74 Å². The van der Waals surface area contributed by atoms with Gasteiger partial charge in [-0.2, -0.15) is 0 Å². The summed E-state index contributed by atoms with van der Waals surface area (Å²) >= 11 is 1.73. The molecule has 5 rings (SSSR count). The number of thiophene rings is 1. The van der Waals surface area contributed by atoms with Crippen LogP contribution in [0.5, 0.6) is 5.75 Å². The Morgan fingerprint density at radius 3 is 2.39 bits per heavy atom. The van der Waals surface area contributed by atoms with Crippen LogP contribution < -0.4 is 9.64 Å². The van der Waals surface area contributed by atoms with Gasteiger partial charge in [0.25, 0.3) is 0 Å². The smallest absolute Gasteiger partial charge is 0.230 e. The standard InChI is InChI=1S/C32H38N2O3S/c1-22-9-13-26(14-10-22)32(36)34(29-20-30(38-23(29)2)25-7-5-4-6-8-25)27-17-18-33(31(35)19-27)21-24-11-15-28(37-3)16-12-24/h4-8,11-12,15-16,20,22,26-27H,9-10,13-14,17-19,21H2,1-3H3. The van der Waals surface area contributed by atoms with Gasteiger partial charge in [-0.25, -0.2) is 0 Å². The van der Waals surface area contributed by atoms with Gasteiger partial charge in [0.05, 0.1) is 12.8 Å². The van der Waals surface area contributed by atoms with Crippen molar-refractivity contribution < 1.29 is 14.3 Å². The van der Waals surface area contributed by atoms with Gasteiger partial charge in [-0.15, -0.1) is 11.3 Å². The van der Waals surface area contributed by atoms with Crippen molar-refractivity contribution in [2.45, 2.75) is 65.0 Å². The van der Waals surface area contributed by atoms with Crippen molar-refractivity contribution in [3.63, 3.8) is 0 Å². The summed E-state index contributed by atoms with van der Waals surface area (Å²) in [6.07, 6.45) is 5.22. The average Bonchev–Trinajstić information content (AvgIpc) is 3.32. The molecule has 1 saturated carbocycles. The molecule has 1 unspecified atom stereocenters. The topological polar surface area (TPSA) is 49.9 Å². The second-order valence-corrected chi connectivity index (χ2v) is 12.1. The Kier molecular flexibility index (Phi) is 8.18. The first kappa shape index (κ1) is 26.5. The molecule has 6 heteroatoms. The van der Waals surface area contributed by atoms with Crippen LogP contribution in [0.1, 0.15) is 55.9 Å². The zero-order valence-corrected chi connectivity index (χ0v) is 23.5. The second-order valence-electron chi connectivity index (χ2n) is 10.9. The molecule has 1 aromatic heterocycles. The SMILES string of the molecule is COc1ccc(CN2CCC(N(C(=O)C3CCC(C)CC3)c3cc(-c4ccccc4)sc3C)CC2=O)cc1. The first-order valence-corrected chi connectivity index (χ1v) is 14.6. The maximum atomic E-state index is 14.1. The third-order valence-corrected chi connectivity index (χ3v) is 9.29. The monoisotopic (exact) mass is 530 g/mol. The Bertz CT molecular complexity index is 1250. The highest BCUT2D eigenvalue weighted by Gasteiger charge is 2.38. The highest BCUT2D eigenvalue weighted by Crippen LogP contribution is 2.40. The minimum absolute atomic E-state index is 0.0399. The van der Waals surface area contributed by atoms with E-state index in [0.29, 0.717) is 25.4 Å². The molecule has 1 aliphatic heterocycles. The summed E-state index contributed by atoms with van der Waals surface area (Å²) in [6.45, 7) is 5.62. The summed E-state index contributed by atoms with van der Waals surface area (Å²) < 4.78 is 5.26. The second kappa shape index (κ2) is 11.7. The van der Waals surface area contributed by atoms with Crippen LogP contribution in [0.25, 0.3) is 10.4 Å². The number of piperidine rings is 1. The molecular weight excluding hydrogens is 492 g/mol. The molecule has 1 atom stereocenters. The van der Waals surface area contributed by atoms with E-state index in [1.807, 2.05) is 52.3 Å². The lowest BCUT2D eigenvalue weighted by Crippen LogP contribution is -2.51. The van der Waals surface area contributed by atoms with E-state index >= 15 is 0 Å². The number of likely N-dealkylation sites (tertiary alicyclic amines) is 1. The van der Waals surface area contributed by atoms with Crippen LogP contribution in [0, 0.1) is 18.8 Å². The van der Waals surface area contributed by atoms with Crippen molar-refractivity contribution in [3.8, 4) is 16.2 Å². The van der Waals surface area contributed by atoms with Gasteiger partial charge < -0.3 is 14.5 Å². The van der Waals surface area contributed by atoms with Crippen molar-refractivity contribution in [3.05, 3.63) is 71.1 Å². The van der Waals surface area contributed by atoms with Crippen LogP contribution in [0.15, 0.2) is 60.7 Å². The number of aryl methyl sites for hydroxylation is 1. The molecule has 1 aliphatic carbocycles. The molecule has 200 valence electrons. The van der Waals surface area contributed by atoms with Crippen LogP contribution in [-0.4, -0.2) is 36.4 Å². The zero-order chi connectivity index (χ0) is 26.6. The molecular formula is C32H38N2O3S. The summed E-state index contributed by atoms with van der Waals surface area (Å²) in [5.41, 5.74) is 3.23. The molecule has 2 aromatic carbocycles. The quantitative estimate of drug-likeness (QED) is 0.328. The first-order chi connectivity index (χ1) is 18.4. The number of methoxy groups -OCH3 is 1. The maximum Gasteiger partial charge on any atom is 0.230 e. The van der Waals surface area contributed by atoms with Crippen molar-refractivity contribution in [2.75, 3.05) is 18.6 Å². The molecule has 0 spiro atoms. The Morgan fingerprint density at radius 2 is 1.74 bits per heavy atom. The van der Waals surface area contributed by atoms with Crippen molar-refractivity contribution >= 4 is 28.8 Å². The lowest BCUT2D eigenvalue weighted by atomic mass is 9.82. The molecule has 0 bridgehead atoms. The maximum absolute atomic E-state index is 14.1. The molecule has 3 aromatic rings. The number of carbonyl (C=O) groups is 2. The normalized spacial score (nSPS) is 21.8. The molecule has 2 amide bonds. The average molecular weight is 531 g/mol. The Labute approximate surface area is 230 Å². The van der Waals surface area contributed by atoms with E-state index in [2.05, 4.69) is 32.0 Å². The van der Waals surface area contributed by atoms with Crippen molar-refractivity contribution in [1.82, 2.24) is 4.90 Å². The third kappa shape index (κ3) is 5.80. The van der Waals surface area contributed by atoms with Gasteiger partial charge in [-0.1, -0.05) is 49.4 Å². The predicted octanol–water partition coefficient (Wildman–Crippen LogP) is 7.08. The van der Waals surface area contributed by atoms with Gasteiger partial charge in [0, 0.05) is 41.2 Å². The van der Waals surface area contributed by atoms with Crippen molar-refractivity contribution in [1.29, 1.82) is 0 Å². The Balaban J connectivity index is 1.38. The number of hydrogen-bond donors (Lipinski definition) is 0. The van der Waals surface area contributed by atoms with E-state index < -0.39 is 0 Å². The molecule has 1 saturated heterocycles. The number of amides is 2. The van der Waals surface area contributed by atoms with Crippen LogP contribution in [0.3, 0.4) is 0 Å². The van der Waals surface area contributed by atoms with E-state index in [9.17, 15) is 9.59 Å². The fourth-order valence-corrected chi connectivity index (χ4v) is 6.87. The third-order valence-electron chi connectivity index (χ3n) is 8.20. The van der Waals surface area contributed by atoms with Gasteiger partial charge >= 0.3 is 0 Å². The molecule has 0 N–H and O–H groups in total.